The largest absolute Gasteiger partial charge is 0.493 e. The molecule has 0 bridgehead atoms. The van der Waals surface area contributed by atoms with Crippen LogP contribution in [0.4, 0.5) is 0 Å². The number of fused-ring (bicyclic) bond motifs is 1. The molecule has 0 atom stereocenters. The topological polar surface area (TPSA) is 97.3 Å². The molecule has 0 saturated heterocycles. The van der Waals surface area contributed by atoms with Gasteiger partial charge in [-0.2, -0.15) is 0 Å². The monoisotopic (exact) mass is 420 g/mol. The van der Waals surface area contributed by atoms with Crippen molar-refractivity contribution in [2.24, 2.45) is 7.05 Å². The number of carbonyl (C=O) groups excluding carboxylic acids is 1. The molecule has 0 amide bonds. The number of carbonyl (C=O) groups is 1. The summed E-state index contributed by atoms with van der Waals surface area (Å²) in [5.74, 6) is 9.22. The van der Waals surface area contributed by atoms with E-state index < -0.39 is 11.2 Å². The zero-order valence-corrected chi connectivity index (χ0v) is 17.6. The first kappa shape index (κ1) is 21.5. The van der Waals surface area contributed by atoms with Crippen LogP contribution >= 0.6 is 0 Å². The Morgan fingerprint density at radius 1 is 1.13 bits per heavy atom. The summed E-state index contributed by atoms with van der Waals surface area (Å²) >= 11 is 0. The summed E-state index contributed by atoms with van der Waals surface area (Å²) in [6.45, 7) is 0.888. The molecule has 9 heteroatoms. The fourth-order valence-electron chi connectivity index (χ4n) is 3.11. The highest BCUT2D eigenvalue weighted by molar-refractivity contribution is 5.78. The van der Waals surface area contributed by atoms with Crippen LogP contribution in [-0.2, 0) is 24.9 Å². The Morgan fingerprint density at radius 3 is 2.45 bits per heavy atom. The second-order valence-corrected chi connectivity index (χ2v) is 6.65. The van der Waals surface area contributed by atoms with Crippen molar-refractivity contribution < 1.29 is 14.3 Å². The van der Waals surface area contributed by atoms with E-state index in [0.29, 0.717) is 17.1 Å². The quantitative estimate of drug-likeness (QED) is 0.559. The number of terminal acetylenes is 1. The van der Waals surface area contributed by atoms with Gasteiger partial charge in [0.2, 0.25) is 0 Å². The number of hydrogen-bond acceptors (Lipinski definition) is 6. The van der Waals surface area contributed by atoms with Gasteiger partial charge < -0.3 is 14.0 Å². The predicted molar refractivity (Wildman–Crippen MR) is 114 cm³/mol. The lowest BCUT2D eigenvalue weighted by atomic mass is 10.2. The van der Waals surface area contributed by atoms with Crippen LogP contribution in [0.5, 0.6) is 11.5 Å². The number of rotatable bonds is 5. The van der Waals surface area contributed by atoms with Crippen molar-refractivity contribution in [3.8, 4) is 35.7 Å². The lowest BCUT2D eigenvalue weighted by Crippen LogP contribution is -2.41. The molecule has 0 aliphatic heterocycles. The Bertz CT molecular complexity index is 1410. The third kappa shape index (κ3) is 3.94. The van der Waals surface area contributed by atoms with Gasteiger partial charge in [-0.05, 0) is 31.0 Å². The maximum absolute atomic E-state index is 12.9. The minimum atomic E-state index is -0.692. The van der Waals surface area contributed by atoms with Crippen molar-refractivity contribution in [3.63, 3.8) is 0 Å². The van der Waals surface area contributed by atoms with Crippen LogP contribution in [-0.4, -0.2) is 38.7 Å². The molecule has 0 saturated carbocycles. The van der Waals surface area contributed by atoms with Crippen LogP contribution in [0.15, 0.2) is 27.8 Å². The number of ether oxygens (including phenoxy) is 2. The number of methoxy groups -OCH3 is 2. The summed E-state index contributed by atoms with van der Waals surface area (Å²) < 4.78 is 14.0. The first-order chi connectivity index (χ1) is 14.8. The number of ketones is 1. The van der Waals surface area contributed by atoms with E-state index in [4.69, 9.17) is 15.9 Å². The molecular formula is C22H20N4O5. The predicted octanol–water partition coefficient (Wildman–Crippen LogP) is 0.536. The van der Waals surface area contributed by atoms with Gasteiger partial charge in [0.05, 0.1) is 27.3 Å². The zero-order valence-electron chi connectivity index (χ0n) is 17.6. The van der Waals surface area contributed by atoms with Crippen molar-refractivity contribution in [2.75, 3.05) is 14.2 Å². The molecular weight excluding hydrogens is 400 g/mol. The summed E-state index contributed by atoms with van der Waals surface area (Å²) in [6.07, 6.45) is 5.30. The Labute approximate surface area is 177 Å². The lowest BCUT2D eigenvalue weighted by molar-refractivity contribution is -0.117. The normalized spacial score (nSPS) is 10.3. The van der Waals surface area contributed by atoms with Crippen LogP contribution in [0, 0.1) is 24.2 Å². The van der Waals surface area contributed by atoms with Crippen molar-refractivity contribution >= 4 is 16.9 Å². The molecule has 3 rings (SSSR count). The Kier molecular flexibility index (Phi) is 5.98. The Hall–Kier alpha value is -4.24. The van der Waals surface area contributed by atoms with Gasteiger partial charge in [0, 0.05) is 12.6 Å². The molecule has 0 spiro atoms. The highest BCUT2D eigenvalue weighted by Gasteiger charge is 2.19. The van der Waals surface area contributed by atoms with Crippen molar-refractivity contribution in [1.29, 1.82) is 0 Å². The van der Waals surface area contributed by atoms with Gasteiger partial charge in [0.1, 0.15) is 5.78 Å². The van der Waals surface area contributed by atoms with E-state index in [-0.39, 0.29) is 35.9 Å². The lowest BCUT2D eigenvalue weighted by Gasteiger charge is -2.08. The molecule has 0 aliphatic carbocycles. The molecule has 0 unspecified atom stereocenters. The van der Waals surface area contributed by atoms with E-state index in [1.807, 2.05) is 0 Å². The first-order valence-corrected chi connectivity index (χ1v) is 9.19. The molecule has 0 fully saturated rings. The smallest absolute Gasteiger partial charge is 0.334 e. The summed E-state index contributed by atoms with van der Waals surface area (Å²) in [4.78, 5) is 41.7. The standard InChI is InChI=1S/C22H20N4O5/c1-6-11-25-21(28)19-20(26(22(25)29)13-14(2)27)23-18(24(19)3)10-8-15-7-9-16(30-4)17(12-15)31-5/h1,7,9,12H,11,13H2,2-5H3. The Morgan fingerprint density at radius 2 is 1.84 bits per heavy atom. The minimum absolute atomic E-state index is 0.0811. The molecule has 0 aliphatic rings. The van der Waals surface area contributed by atoms with Crippen LogP contribution in [0.3, 0.4) is 0 Å². The van der Waals surface area contributed by atoms with Crippen LogP contribution < -0.4 is 20.7 Å². The van der Waals surface area contributed by atoms with E-state index in [2.05, 4.69) is 22.7 Å². The van der Waals surface area contributed by atoms with Crippen LogP contribution in [0.2, 0.25) is 0 Å². The molecule has 9 nitrogen and oxygen atoms in total. The van der Waals surface area contributed by atoms with Gasteiger partial charge in [0.25, 0.3) is 5.56 Å². The maximum Gasteiger partial charge on any atom is 0.334 e. The Balaban J connectivity index is 2.22. The second-order valence-electron chi connectivity index (χ2n) is 6.65. The van der Waals surface area contributed by atoms with Crippen LogP contribution in [0.25, 0.3) is 11.2 Å². The van der Waals surface area contributed by atoms with E-state index >= 15 is 0 Å². The third-order valence-corrected chi connectivity index (χ3v) is 4.57. The molecule has 31 heavy (non-hydrogen) atoms. The summed E-state index contributed by atoms with van der Waals surface area (Å²) in [7, 11) is 4.67. The molecule has 158 valence electrons. The van der Waals surface area contributed by atoms with Gasteiger partial charge >= 0.3 is 5.69 Å². The van der Waals surface area contributed by atoms with Crippen molar-refractivity contribution in [1.82, 2.24) is 18.7 Å². The first-order valence-electron chi connectivity index (χ1n) is 9.19. The molecule has 2 heterocycles. The molecule has 0 radical (unpaired) electrons. The highest BCUT2D eigenvalue weighted by atomic mass is 16.5. The van der Waals surface area contributed by atoms with Crippen molar-refractivity contribution in [3.05, 3.63) is 50.4 Å². The minimum Gasteiger partial charge on any atom is -0.493 e. The summed E-state index contributed by atoms with van der Waals surface area (Å²) in [5.41, 5.74) is -0.434. The number of hydrogen-bond donors (Lipinski definition) is 0. The van der Waals surface area contributed by atoms with E-state index in [9.17, 15) is 14.4 Å². The number of imidazole rings is 1. The third-order valence-electron chi connectivity index (χ3n) is 4.57. The van der Waals surface area contributed by atoms with Gasteiger partial charge in [-0.3, -0.25) is 14.2 Å². The van der Waals surface area contributed by atoms with Gasteiger partial charge in [-0.25, -0.2) is 14.3 Å². The van der Waals surface area contributed by atoms with Gasteiger partial charge in [0.15, 0.2) is 28.5 Å². The number of nitrogens with zero attached hydrogens (tertiary/aromatic N) is 4. The number of aryl methyl sites for hydroxylation is 1. The number of benzene rings is 1. The summed E-state index contributed by atoms with van der Waals surface area (Å²) in [5, 5.41) is 0. The summed E-state index contributed by atoms with van der Waals surface area (Å²) in [6, 6.07) is 5.18. The molecule has 1 aromatic carbocycles. The molecule has 0 N–H and O–H groups in total. The highest BCUT2D eigenvalue weighted by Crippen LogP contribution is 2.27. The van der Waals surface area contributed by atoms with Gasteiger partial charge in [-0.1, -0.05) is 11.8 Å². The zero-order chi connectivity index (χ0) is 22.7. The van der Waals surface area contributed by atoms with E-state index in [1.54, 1.807) is 25.2 Å². The fraction of sp³-hybridized carbons (Fsp3) is 0.273. The van der Waals surface area contributed by atoms with Gasteiger partial charge in [-0.15, -0.1) is 6.42 Å². The van der Waals surface area contributed by atoms with Crippen LogP contribution in [0.1, 0.15) is 18.3 Å². The van der Waals surface area contributed by atoms with Crippen molar-refractivity contribution in [2.45, 2.75) is 20.0 Å². The average Bonchev–Trinajstić information content (AvgIpc) is 3.08. The number of aromatic nitrogens is 4. The van der Waals surface area contributed by atoms with E-state index in [1.165, 1.54) is 25.7 Å². The van der Waals surface area contributed by atoms with E-state index in [0.717, 1.165) is 9.13 Å². The number of Topliss-reactive ketones (excluding diaryl/α,β-unsaturated/α-hetero) is 1. The SMILES string of the molecule is C#CCn1c(=O)c2c(nc(C#Cc3ccc(OC)c(OC)c3)n2C)n(CC(C)=O)c1=O. The second kappa shape index (κ2) is 8.64. The molecule has 2 aromatic heterocycles. The maximum atomic E-state index is 12.9. The fourth-order valence-corrected chi connectivity index (χ4v) is 3.11. The average molecular weight is 420 g/mol. The molecule has 3 aromatic rings.